The molecule has 1 aromatic carbocycles. The predicted molar refractivity (Wildman–Crippen MR) is 79.7 cm³/mol. The van der Waals surface area contributed by atoms with E-state index in [0.29, 0.717) is 11.6 Å². The first kappa shape index (κ1) is 14.3. The van der Waals surface area contributed by atoms with Gasteiger partial charge in [-0.15, -0.1) is 0 Å². The third kappa shape index (κ3) is 4.51. The fourth-order valence-electron chi connectivity index (χ4n) is 1.57. The molecule has 0 aliphatic heterocycles. The molecule has 0 amide bonds. The van der Waals surface area contributed by atoms with Crippen LogP contribution in [0.1, 0.15) is 28.9 Å². The van der Waals surface area contributed by atoms with Crippen LogP contribution in [0.4, 0.5) is 0 Å². The van der Waals surface area contributed by atoms with Crippen LogP contribution >= 0.6 is 27.7 Å². The van der Waals surface area contributed by atoms with Gasteiger partial charge >= 0.3 is 0 Å². The number of halogens is 1. The molecule has 1 aromatic heterocycles. The first-order valence-corrected chi connectivity index (χ1v) is 7.77. The minimum atomic E-state index is 0.177. The molecule has 0 aliphatic rings. The Labute approximate surface area is 124 Å². The van der Waals surface area contributed by atoms with Crippen LogP contribution in [-0.4, -0.2) is 16.5 Å². The number of Topliss-reactive ketones (excluding diaryl/α,β-unsaturated/α-hetero) is 1. The molecule has 3 nitrogen and oxygen atoms in total. The smallest absolute Gasteiger partial charge is 0.255 e. The van der Waals surface area contributed by atoms with Gasteiger partial charge in [0.15, 0.2) is 5.78 Å². The maximum atomic E-state index is 11.9. The Morgan fingerprint density at radius 3 is 2.74 bits per heavy atom. The number of benzene rings is 1. The van der Waals surface area contributed by atoms with Gasteiger partial charge in [0.05, 0.1) is 5.69 Å². The number of carbonyl (C=O) groups is 1. The van der Waals surface area contributed by atoms with E-state index in [2.05, 4.69) is 20.9 Å². The SMILES string of the molecule is Cc1coc(SCCCC(=O)c2ccc(Br)cc2)n1. The van der Waals surface area contributed by atoms with Gasteiger partial charge in [-0.1, -0.05) is 39.8 Å². The number of carbonyl (C=O) groups excluding carboxylic acids is 1. The highest BCUT2D eigenvalue weighted by Gasteiger charge is 2.06. The molecule has 0 saturated carbocycles. The van der Waals surface area contributed by atoms with Crippen molar-refractivity contribution >= 4 is 33.5 Å². The lowest BCUT2D eigenvalue weighted by Crippen LogP contribution is -1.99. The molecule has 19 heavy (non-hydrogen) atoms. The summed E-state index contributed by atoms with van der Waals surface area (Å²) in [5, 5.41) is 0.675. The van der Waals surface area contributed by atoms with Crippen molar-refractivity contribution in [3.63, 3.8) is 0 Å². The second-order valence-corrected chi connectivity index (χ2v) is 6.10. The maximum Gasteiger partial charge on any atom is 0.255 e. The summed E-state index contributed by atoms with van der Waals surface area (Å²) in [4.78, 5) is 16.1. The number of aromatic nitrogens is 1. The van der Waals surface area contributed by atoms with Crippen molar-refractivity contribution in [3.05, 3.63) is 46.3 Å². The average Bonchev–Trinajstić information content (AvgIpc) is 2.81. The van der Waals surface area contributed by atoms with Crippen LogP contribution in [0.2, 0.25) is 0 Å². The molecule has 1 heterocycles. The van der Waals surface area contributed by atoms with E-state index in [1.54, 1.807) is 18.0 Å². The molecule has 0 aliphatic carbocycles. The highest BCUT2D eigenvalue weighted by molar-refractivity contribution is 9.10. The fourth-order valence-corrected chi connectivity index (χ4v) is 2.62. The zero-order valence-corrected chi connectivity index (χ0v) is 13.0. The standard InChI is InChI=1S/C14H14BrNO2S/c1-10-9-18-14(16-10)19-8-2-3-13(17)11-4-6-12(15)7-5-11/h4-7,9H,2-3,8H2,1H3. The summed E-state index contributed by atoms with van der Waals surface area (Å²) >= 11 is 4.90. The van der Waals surface area contributed by atoms with E-state index in [0.717, 1.165) is 27.9 Å². The third-order valence-electron chi connectivity index (χ3n) is 2.54. The summed E-state index contributed by atoms with van der Waals surface area (Å²) in [5.41, 5.74) is 1.65. The zero-order chi connectivity index (χ0) is 13.7. The van der Waals surface area contributed by atoms with Crippen molar-refractivity contribution < 1.29 is 9.21 Å². The Morgan fingerprint density at radius 2 is 2.11 bits per heavy atom. The maximum absolute atomic E-state index is 11.9. The van der Waals surface area contributed by atoms with Crippen LogP contribution in [-0.2, 0) is 0 Å². The van der Waals surface area contributed by atoms with Crippen molar-refractivity contribution in [1.82, 2.24) is 4.98 Å². The van der Waals surface area contributed by atoms with Crippen LogP contribution in [0.15, 0.2) is 44.6 Å². The summed E-state index contributed by atoms with van der Waals surface area (Å²) in [5.74, 6) is 1.01. The van der Waals surface area contributed by atoms with Gasteiger partial charge in [0.1, 0.15) is 6.26 Å². The normalized spacial score (nSPS) is 10.6. The molecule has 0 radical (unpaired) electrons. The van der Waals surface area contributed by atoms with Gasteiger partial charge in [0.2, 0.25) is 0 Å². The Hall–Kier alpha value is -1.07. The van der Waals surface area contributed by atoms with E-state index in [1.807, 2.05) is 31.2 Å². The van der Waals surface area contributed by atoms with Crippen LogP contribution in [0.25, 0.3) is 0 Å². The Morgan fingerprint density at radius 1 is 1.37 bits per heavy atom. The summed E-state index contributed by atoms with van der Waals surface area (Å²) in [6.07, 6.45) is 3.00. The minimum absolute atomic E-state index is 0.177. The van der Waals surface area contributed by atoms with E-state index in [9.17, 15) is 4.79 Å². The number of aryl methyl sites for hydroxylation is 1. The molecular formula is C14H14BrNO2S. The number of hydrogen-bond acceptors (Lipinski definition) is 4. The first-order chi connectivity index (χ1) is 9.15. The molecule has 2 rings (SSSR count). The van der Waals surface area contributed by atoms with E-state index < -0.39 is 0 Å². The number of ketones is 1. The van der Waals surface area contributed by atoms with Crippen LogP contribution in [0.5, 0.6) is 0 Å². The lowest BCUT2D eigenvalue weighted by molar-refractivity contribution is 0.0982. The Kier molecular flexibility index (Phi) is 5.22. The number of thioether (sulfide) groups is 1. The average molecular weight is 340 g/mol. The molecule has 100 valence electrons. The number of rotatable bonds is 6. The third-order valence-corrected chi connectivity index (χ3v) is 3.99. The van der Waals surface area contributed by atoms with E-state index in [4.69, 9.17) is 4.42 Å². The molecule has 0 fully saturated rings. The van der Waals surface area contributed by atoms with E-state index >= 15 is 0 Å². The van der Waals surface area contributed by atoms with Crippen molar-refractivity contribution in [1.29, 1.82) is 0 Å². The van der Waals surface area contributed by atoms with Crippen molar-refractivity contribution in [2.24, 2.45) is 0 Å². The molecular weight excluding hydrogens is 326 g/mol. The minimum Gasteiger partial charge on any atom is -0.440 e. The van der Waals surface area contributed by atoms with Gasteiger partial charge in [-0.05, 0) is 25.5 Å². The molecule has 5 heteroatoms. The molecule has 0 N–H and O–H groups in total. The Bertz CT molecular complexity index is 551. The highest BCUT2D eigenvalue weighted by atomic mass is 79.9. The van der Waals surface area contributed by atoms with Gasteiger partial charge in [0, 0.05) is 22.2 Å². The summed E-state index contributed by atoms with van der Waals surface area (Å²) < 4.78 is 6.22. The molecule has 0 bridgehead atoms. The van der Waals surface area contributed by atoms with Gasteiger partial charge in [0.25, 0.3) is 5.22 Å². The van der Waals surface area contributed by atoms with Crippen molar-refractivity contribution in [2.75, 3.05) is 5.75 Å². The molecule has 0 unspecified atom stereocenters. The second kappa shape index (κ2) is 6.91. The largest absolute Gasteiger partial charge is 0.440 e. The van der Waals surface area contributed by atoms with E-state index in [1.165, 1.54) is 0 Å². The second-order valence-electron chi connectivity index (χ2n) is 4.14. The van der Waals surface area contributed by atoms with Gasteiger partial charge < -0.3 is 4.42 Å². The molecule has 0 saturated heterocycles. The van der Waals surface area contributed by atoms with Gasteiger partial charge in [-0.2, -0.15) is 0 Å². The first-order valence-electron chi connectivity index (χ1n) is 5.99. The molecule has 2 aromatic rings. The quantitative estimate of drug-likeness (QED) is 0.441. The summed E-state index contributed by atoms with van der Waals surface area (Å²) in [6, 6.07) is 7.46. The number of nitrogens with zero attached hydrogens (tertiary/aromatic N) is 1. The summed E-state index contributed by atoms with van der Waals surface area (Å²) in [7, 11) is 0. The van der Waals surface area contributed by atoms with Gasteiger partial charge in [-0.3, -0.25) is 4.79 Å². The fraction of sp³-hybridized carbons (Fsp3) is 0.286. The molecule has 0 atom stereocenters. The highest BCUT2D eigenvalue weighted by Crippen LogP contribution is 2.19. The lowest BCUT2D eigenvalue weighted by Gasteiger charge is -2.00. The van der Waals surface area contributed by atoms with Crippen LogP contribution in [0.3, 0.4) is 0 Å². The number of hydrogen-bond donors (Lipinski definition) is 0. The zero-order valence-electron chi connectivity index (χ0n) is 10.6. The molecule has 0 spiro atoms. The predicted octanol–water partition coefficient (Wildman–Crippen LogP) is 4.50. The van der Waals surface area contributed by atoms with Crippen LogP contribution in [0, 0.1) is 6.92 Å². The number of oxazole rings is 1. The topological polar surface area (TPSA) is 43.1 Å². The summed E-state index contributed by atoms with van der Waals surface area (Å²) in [6.45, 7) is 1.89. The Balaban J connectivity index is 1.73. The van der Waals surface area contributed by atoms with Crippen molar-refractivity contribution in [2.45, 2.75) is 25.0 Å². The van der Waals surface area contributed by atoms with E-state index in [-0.39, 0.29) is 5.78 Å². The van der Waals surface area contributed by atoms with Crippen molar-refractivity contribution in [3.8, 4) is 0 Å². The van der Waals surface area contributed by atoms with Gasteiger partial charge in [-0.25, -0.2) is 4.98 Å². The van der Waals surface area contributed by atoms with Crippen LogP contribution < -0.4 is 0 Å². The lowest BCUT2D eigenvalue weighted by atomic mass is 10.1. The monoisotopic (exact) mass is 339 g/mol.